The van der Waals surface area contributed by atoms with Gasteiger partial charge in [-0.25, -0.2) is 4.39 Å². The van der Waals surface area contributed by atoms with Crippen molar-refractivity contribution in [2.75, 3.05) is 13.1 Å². The topological polar surface area (TPSA) is 38.0 Å². The van der Waals surface area contributed by atoms with Gasteiger partial charge in [-0.2, -0.15) is 0 Å². The first-order valence-corrected chi connectivity index (χ1v) is 5.38. The van der Waals surface area contributed by atoms with E-state index in [1.165, 1.54) is 6.07 Å². The summed E-state index contributed by atoms with van der Waals surface area (Å²) in [7, 11) is 0. The maximum atomic E-state index is 13.2. The van der Waals surface area contributed by atoms with Crippen molar-refractivity contribution in [3.05, 3.63) is 35.6 Å². The van der Waals surface area contributed by atoms with Crippen LogP contribution in [0, 0.1) is 11.7 Å². The first-order valence-electron chi connectivity index (χ1n) is 5.38. The van der Waals surface area contributed by atoms with Crippen molar-refractivity contribution in [2.24, 2.45) is 11.7 Å². The number of benzene rings is 1. The third-order valence-corrected chi connectivity index (χ3v) is 2.49. The van der Waals surface area contributed by atoms with Crippen LogP contribution in [0.3, 0.4) is 0 Å². The maximum absolute atomic E-state index is 13.2. The highest BCUT2D eigenvalue weighted by Crippen LogP contribution is 2.05. The molecule has 0 radical (unpaired) electrons. The Morgan fingerprint density at radius 3 is 2.80 bits per heavy atom. The summed E-state index contributed by atoms with van der Waals surface area (Å²) in [6.45, 7) is 4.29. The van der Waals surface area contributed by atoms with Crippen LogP contribution in [-0.4, -0.2) is 13.1 Å². The summed E-state index contributed by atoms with van der Waals surface area (Å²) in [6, 6.07) is 6.84. The average molecular weight is 210 g/mol. The SMILES string of the molecule is CC(CN)CCNCc1ccccc1F. The Balaban J connectivity index is 2.23. The smallest absolute Gasteiger partial charge is 0.127 e. The fourth-order valence-electron chi connectivity index (χ4n) is 1.33. The normalized spacial score (nSPS) is 12.7. The number of halogens is 1. The lowest BCUT2D eigenvalue weighted by Crippen LogP contribution is -2.20. The molecule has 0 bridgehead atoms. The van der Waals surface area contributed by atoms with Gasteiger partial charge in [0.1, 0.15) is 5.82 Å². The Morgan fingerprint density at radius 1 is 1.40 bits per heavy atom. The molecule has 3 N–H and O–H groups in total. The lowest BCUT2D eigenvalue weighted by atomic mass is 10.1. The van der Waals surface area contributed by atoms with Crippen molar-refractivity contribution in [3.8, 4) is 0 Å². The van der Waals surface area contributed by atoms with Crippen LogP contribution in [0.5, 0.6) is 0 Å². The molecule has 0 aromatic heterocycles. The molecule has 1 unspecified atom stereocenters. The molecule has 0 fully saturated rings. The third kappa shape index (κ3) is 4.40. The van der Waals surface area contributed by atoms with Crippen LogP contribution < -0.4 is 11.1 Å². The molecule has 1 aromatic rings. The van der Waals surface area contributed by atoms with E-state index in [2.05, 4.69) is 12.2 Å². The van der Waals surface area contributed by atoms with E-state index in [0.29, 0.717) is 19.0 Å². The summed E-state index contributed by atoms with van der Waals surface area (Å²) in [5, 5.41) is 3.21. The van der Waals surface area contributed by atoms with Gasteiger partial charge in [0.2, 0.25) is 0 Å². The fourth-order valence-corrected chi connectivity index (χ4v) is 1.33. The van der Waals surface area contributed by atoms with E-state index in [-0.39, 0.29) is 5.82 Å². The zero-order chi connectivity index (χ0) is 11.1. The summed E-state index contributed by atoms with van der Waals surface area (Å²) in [4.78, 5) is 0. The second-order valence-corrected chi connectivity index (χ2v) is 3.90. The molecule has 15 heavy (non-hydrogen) atoms. The van der Waals surface area contributed by atoms with Crippen molar-refractivity contribution in [1.29, 1.82) is 0 Å². The molecule has 0 aliphatic rings. The van der Waals surface area contributed by atoms with E-state index in [1.807, 2.05) is 6.07 Å². The van der Waals surface area contributed by atoms with Crippen LogP contribution in [0.2, 0.25) is 0 Å². The van der Waals surface area contributed by atoms with Crippen molar-refractivity contribution in [1.82, 2.24) is 5.32 Å². The molecule has 0 aliphatic carbocycles. The third-order valence-electron chi connectivity index (χ3n) is 2.49. The van der Waals surface area contributed by atoms with Crippen LogP contribution in [-0.2, 0) is 6.54 Å². The largest absolute Gasteiger partial charge is 0.330 e. The Kier molecular flexibility index (Phi) is 5.29. The van der Waals surface area contributed by atoms with Gasteiger partial charge < -0.3 is 11.1 Å². The number of hydrogen-bond donors (Lipinski definition) is 2. The number of nitrogens with one attached hydrogen (secondary N) is 1. The van der Waals surface area contributed by atoms with E-state index < -0.39 is 0 Å². The van der Waals surface area contributed by atoms with E-state index in [9.17, 15) is 4.39 Å². The molecule has 84 valence electrons. The van der Waals surface area contributed by atoms with Crippen LogP contribution in [0.15, 0.2) is 24.3 Å². The van der Waals surface area contributed by atoms with E-state index in [0.717, 1.165) is 18.5 Å². The minimum Gasteiger partial charge on any atom is -0.330 e. The molecule has 3 heteroatoms. The molecule has 0 aliphatic heterocycles. The molecule has 0 spiro atoms. The number of hydrogen-bond acceptors (Lipinski definition) is 2. The summed E-state index contributed by atoms with van der Waals surface area (Å²) >= 11 is 0. The van der Waals surface area contributed by atoms with Crippen LogP contribution >= 0.6 is 0 Å². The molecule has 0 saturated carbocycles. The molecule has 1 rings (SSSR count). The second-order valence-electron chi connectivity index (χ2n) is 3.90. The van der Waals surface area contributed by atoms with Gasteiger partial charge in [-0.05, 0) is 31.5 Å². The summed E-state index contributed by atoms with van der Waals surface area (Å²) in [5.41, 5.74) is 6.22. The summed E-state index contributed by atoms with van der Waals surface area (Å²) in [6.07, 6.45) is 1.03. The zero-order valence-electron chi connectivity index (χ0n) is 9.17. The molecule has 0 saturated heterocycles. The summed E-state index contributed by atoms with van der Waals surface area (Å²) in [5.74, 6) is 0.384. The zero-order valence-corrected chi connectivity index (χ0v) is 9.17. The van der Waals surface area contributed by atoms with Crippen molar-refractivity contribution in [3.63, 3.8) is 0 Å². The monoisotopic (exact) mass is 210 g/mol. The number of rotatable bonds is 6. The highest BCUT2D eigenvalue weighted by Gasteiger charge is 2.01. The van der Waals surface area contributed by atoms with Gasteiger partial charge in [0.25, 0.3) is 0 Å². The van der Waals surface area contributed by atoms with Crippen LogP contribution in [0.4, 0.5) is 4.39 Å². The van der Waals surface area contributed by atoms with Crippen LogP contribution in [0.25, 0.3) is 0 Å². The van der Waals surface area contributed by atoms with E-state index in [4.69, 9.17) is 5.73 Å². The standard InChI is InChI=1S/C12H19FN2/c1-10(8-14)6-7-15-9-11-4-2-3-5-12(11)13/h2-5,10,15H,6-9,14H2,1H3. The molecule has 2 nitrogen and oxygen atoms in total. The Morgan fingerprint density at radius 2 is 2.13 bits per heavy atom. The van der Waals surface area contributed by atoms with Crippen molar-refractivity contribution < 1.29 is 4.39 Å². The first kappa shape index (κ1) is 12.1. The lowest BCUT2D eigenvalue weighted by molar-refractivity contribution is 0.503. The first-order chi connectivity index (χ1) is 7.24. The van der Waals surface area contributed by atoms with Gasteiger partial charge in [0, 0.05) is 12.1 Å². The van der Waals surface area contributed by atoms with Gasteiger partial charge in [0.15, 0.2) is 0 Å². The van der Waals surface area contributed by atoms with E-state index in [1.54, 1.807) is 12.1 Å². The van der Waals surface area contributed by atoms with Crippen LogP contribution in [0.1, 0.15) is 18.9 Å². The molecule has 1 atom stereocenters. The highest BCUT2D eigenvalue weighted by atomic mass is 19.1. The Labute approximate surface area is 90.7 Å². The fraction of sp³-hybridized carbons (Fsp3) is 0.500. The molecule has 0 heterocycles. The van der Waals surface area contributed by atoms with Gasteiger partial charge in [-0.1, -0.05) is 25.1 Å². The lowest BCUT2D eigenvalue weighted by Gasteiger charge is -2.09. The highest BCUT2D eigenvalue weighted by molar-refractivity contribution is 5.16. The average Bonchev–Trinajstić information content (AvgIpc) is 2.26. The Bertz CT molecular complexity index is 289. The molecule has 0 amide bonds. The maximum Gasteiger partial charge on any atom is 0.127 e. The number of nitrogens with two attached hydrogens (primary N) is 1. The van der Waals surface area contributed by atoms with Gasteiger partial charge in [0.05, 0.1) is 0 Å². The molecular weight excluding hydrogens is 191 g/mol. The molecule has 1 aromatic carbocycles. The van der Waals surface area contributed by atoms with E-state index >= 15 is 0 Å². The predicted molar refractivity (Wildman–Crippen MR) is 60.9 cm³/mol. The predicted octanol–water partition coefficient (Wildman–Crippen LogP) is 1.90. The minimum atomic E-state index is -0.142. The van der Waals surface area contributed by atoms with Gasteiger partial charge in [-0.15, -0.1) is 0 Å². The molecular formula is C12H19FN2. The van der Waals surface area contributed by atoms with Gasteiger partial charge >= 0.3 is 0 Å². The quantitative estimate of drug-likeness (QED) is 0.704. The van der Waals surface area contributed by atoms with Crippen molar-refractivity contribution in [2.45, 2.75) is 19.9 Å². The second kappa shape index (κ2) is 6.53. The summed E-state index contributed by atoms with van der Waals surface area (Å²) < 4.78 is 13.2. The van der Waals surface area contributed by atoms with Gasteiger partial charge in [-0.3, -0.25) is 0 Å². The Hall–Kier alpha value is -0.930. The van der Waals surface area contributed by atoms with Crippen molar-refractivity contribution >= 4 is 0 Å². The minimum absolute atomic E-state index is 0.142.